The lowest BCUT2D eigenvalue weighted by Gasteiger charge is -2.35. The third-order valence-electron chi connectivity index (χ3n) is 7.54. The van der Waals surface area contributed by atoms with Crippen LogP contribution in [0.5, 0.6) is 23.1 Å². The molecule has 2 heterocycles. The molecule has 248 valence electrons. The van der Waals surface area contributed by atoms with E-state index in [0.29, 0.717) is 29.4 Å². The largest absolute Gasteiger partial charge is 0.497 e. The van der Waals surface area contributed by atoms with Gasteiger partial charge in [0.05, 0.1) is 32.3 Å². The van der Waals surface area contributed by atoms with E-state index in [-0.39, 0.29) is 36.1 Å². The number of amides is 1. The number of halogens is 4. The second-order valence-electron chi connectivity index (χ2n) is 11.3. The molecule has 5 rings (SSSR count). The topological polar surface area (TPSA) is 82.1 Å². The van der Waals surface area contributed by atoms with Gasteiger partial charge in [-0.3, -0.25) is 4.79 Å². The average Bonchev–Trinajstić information content (AvgIpc) is 3.02. The number of nitrogens with zero attached hydrogens (tertiary/aromatic N) is 2. The van der Waals surface area contributed by atoms with Crippen LogP contribution >= 0.6 is 0 Å². The van der Waals surface area contributed by atoms with Crippen LogP contribution in [0.2, 0.25) is 0 Å². The van der Waals surface area contributed by atoms with Gasteiger partial charge in [0.25, 0.3) is 0 Å². The smallest absolute Gasteiger partial charge is 0.416 e. The van der Waals surface area contributed by atoms with Crippen LogP contribution < -0.4 is 24.3 Å². The molecule has 0 spiro atoms. The summed E-state index contributed by atoms with van der Waals surface area (Å²) in [6, 6.07) is 16.4. The fourth-order valence-electron chi connectivity index (χ4n) is 5.17. The number of alkyl halides is 3. The zero-order chi connectivity index (χ0) is 33.6. The predicted molar refractivity (Wildman–Crippen MR) is 168 cm³/mol. The number of carbonyl (C=O) groups is 1. The van der Waals surface area contributed by atoms with Crippen LogP contribution in [-0.2, 0) is 24.0 Å². The first-order valence-corrected chi connectivity index (χ1v) is 15.0. The molecule has 1 aliphatic rings. The molecular weight excluding hydrogens is 618 g/mol. The second kappa shape index (κ2) is 14.7. The quantitative estimate of drug-likeness (QED) is 0.156. The van der Waals surface area contributed by atoms with E-state index in [0.717, 1.165) is 36.5 Å². The van der Waals surface area contributed by atoms with Crippen molar-refractivity contribution in [3.8, 4) is 34.3 Å². The summed E-state index contributed by atoms with van der Waals surface area (Å²) >= 11 is 0. The minimum absolute atomic E-state index is 0.00364. The first-order chi connectivity index (χ1) is 22.5. The monoisotopic (exact) mass is 653 g/mol. The van der Waals surface area contributed by atoms with E-state index in [4.69, 9.17) is 18.9 Å². The summed E-state index contributed by atoms with van der Waals surface area (Å²) in [5, 5.41) is 2.46. The SMILES string of the molecule is CCOc1cc(OCc2ccc(OC)cc2)ncc1-c1ccc(CC(=O)Nc2cc(OCC3CN(C)C3)cc(C(F)(F)F)c2)c(F)c1. The Balaban J connectivity index is 1.26. The molecule has 0 bridgehead atoms. The van der Waals surface area contributed by atoms with Gasteiger partial charge in [0.1, 0.15) is 29.7 Å². The van der Waals surface area contributed by atoms with Crippen molar-refractivity contribution in [1.82, 2.24) is 9.88 Å². The van der Waals surface area contributed by atoms with Crippen LogP contribution in [0.3, 0.4) is 0 Å². The Morgan fingerprint density at radius 1 is 0.979 bits per heavy atom. The predicted octanol–water partition coefficient (Wildman–Crippen LogP) is 7.01. The van der Waals surface area contributed by atoms with E-state index < -0.39 is 29.9 Å². The van der Waals surface area contributed by atoms with Gasteiger partial charge in [-0.25, -0.2) is 9.37 Å². The van der Waals surface area contributed by atoms with Gasteiger partial charge >= 0.3 is 6.18 Å². The van der Waals surface area contributed by atoms with Crippen molar-refractivity contribution in [2.45, 2.75) is 26.1 Å². The van der Waals surface area contributed by atoms with Crippen LogP contribution in [0, 0.1) is 11.7 Å². The lowest BCUT2D eigenvalue weighted by atomic mass is 10.0. The van der Waals surface area contributed by atoms with Crippen LogP contribution in [0.4, 0.5) is 23.2 Å². The van der Waals surface area contributed by atoms with Gasteiger partial charge in [0.15, 0.2) is 0 Å². The Bertz CT molecular complexity index is 1690. The number of hydrogen-bond donors (Lipinski definition) is 1. The second-order valence-corrected chi connectivity index (χ2v) is 11.3. The van der Waals surface area contributed by atoms with Gasteiger partial charge in [-0.15, -0.1) is 0 Å². The molecule has 1 aliphatic heterocycles. The molecule has 4 aromatic rings. The third-order valence-corrected chi connectivity index (χ3v) is 7.54. The number of anilines is 1. The summed E-state index contributed by atoms with van der Waals surface area (Å²) in [5.41, 5.74) is 0.904. The van der Waals surface area contributed by atoms with Gasteiger partial charge in [-0.05, 0) is 61.0 Å². The van der Waals surface area contributed by atoms with Crippen LogP contribution in [0.15, 0.2) is 72.9 Å². The van der Waals surface area contributed by atoms with E-state index in [1.54, 1.807) is 19.2 Å². The maximum Gasteiger partial charge on any atom is 0.416 e. The molecule has 0 unspecified atom stereocenters. The van der Waals surface area contributed by atoms with E-state index in [1.807, 2.05) is 38.2 Å². The van der Waals surface area contributed by atoms with Crippen molar-refractivity contribution in [2.75, 3.05) is 45.8 Å². The zero-order valence-corrected chi connectivity index (χ0v) is 26.2. The fraction of sp³-hybridized carbons (Fsp3) is 0.314. The van der Waals surface area contributed by atoms with Gasteiger partial charge in [-0.2, -0.15) is 13.2 Å². The van der Waals surface area contributed by atoms with Crippen molar-refractivity contribution >= 4 is 11.6 Å². The number of pyridine rings is 1. The number of likely N-dealkylation sites (tertiary alicyclic amines) is 1. The number of benzene rings is 3. The number of nitrogens with one attached hydrogen (secondary N) is 1. The number of rotatable bonds is 13. The highest BCUT2D eigenvalue weighted by molar-refractivity contribution is 5.92. The Morgan fingerprint density at radius 2 is 1.74 bits per heavy atom. The van der Waals surface area contributed by atoms with Crippen molar-refractivity contribution in [1.29, 1.82) is 0 Å². The third kappa shape index (κ3) is 8.91. The fourth-order valence-corrected chi connectivity index (χ4v) is 5.17. The first-order valence-electron chi connectivity index (χ1n) is 15.0. The standard InChI is InChI=1S/C35H35F4N3O5/c1-4-45-32-16-34(47-20-22-5-9-28(44-3)10-6-22)40-17-30(32)24-7-8-25(31(36)11-24)12-33(43)41-27-13-26(35(37,38)39)14-29(15-27)46-21-23-18-42(2)19-23/h5-11,13-17,23H,4,12,18-21H2,1-3H3,(H,41,43). The summed E-state index contributed by atoms with van der Waals surface area (Å²) in [5.74, 6) is 0.350. The molecule has 1 saturated heterocycles. The van der Waals surface area contributed by atoms with Crippen molar-refractivity contribution < 1.29 is 41.3 Å². The van der Waals surface area contributed by atoms with Gasteiger partial charge < -0.3 is 29.2 Å². The maximum atomic E-state index is 15.3. The highest BCUT2D eigenvalue weighted by Gasteiger charge is 2.32. The molecule has 1 N–H and O–H groups in total. The van der Waals surface area contributed by atoms with E-state index in [9.17, 15) is 18.0 Å². The normalized spacial score (nSPS) is 13.5. The van der Waals surface area contributed by atoms with Crippen LogP contribution in [-0.4, -0.2) is 56.3 Å². The molecule has 1 aromatic heterocycles. The number of ether oxygens (including phenoxy) is 4. The summed E-state index contributed by atoms with van der Waals surface area (Å²) < 4.78 is 78.4. The van der Waals surface area contributed by atoms with Crippen LogP contribution in [0.25, 0.3) is 11.1 Å². The van der Waals surface area contributed by atoms with Crippen molar-refractivity contribution in [3.05, 3.63) is 95.4 Å². The van der Waals surface area contributed by atoms with Crippen molar-refractivity contribution in [3.63, 3.8) is 0 Å². The number of carbonyl (C=O) groups excluding carboxylic acids is 1. The number of hydrogen-bond acceptors (Lipinski definition) is 7. The molecule has 0 radical (unpaired) electrons. The van der Waals surface area contributed by atoms with Gasteiger partial charge in [0, 0.05) is 48.6 Å². The average molecular weight is 654 g/mol. The number of aromatic nitrogens is 1. The molecule has 0 atom stereocenters. The Labute approximate surface area is 270 Å². The first kappa shape index (κ1) is 33.5. The lowest BCUT2D eigenvalue weighted by Crippen LogP contribution is -2.46. The Kier molecular flexibility index (Phi) is 10.5. The number of methoxy groups -OCH3 is 1. The molecule has 8 nitrogen and oxygen atoms in total. The highest BCUT2D eigenvalue weighted by Crippen LogP contribution is 2.36. The molecule has 1 amide bonds. The molecule has 3 aromatic carbocycles. The molecule has 12 heteroatoms. The minimum Gasteiger partial charge on any atom is -0.497 e. The van der Waals surface area contributed by atoms with Gasteiger partial charge in [-0.1, -0.05) is 24.3 Å². The molecule has 0 saturated carbocycles. The van der Waals surface area contributed by atoms with Gasteiger partial charge in [0.2, 0.25) is 11.8 Å². The summed E-state index contributed by atoms with van der Waals surface area (Å²) in [4.78, 5) is 19.3. The maximum absolute atomic E-state index is 15.3. The Hall–Kier alpha value is -4.84. The molecular formula is C35H35F4N3O5. The molecule has 47 heavy (non-hydrogen) atoms. The van der Waals surface area contributed by atoms with Crippen LogP contribution in [0.1, 0.15) is 23.6 Å². The van der Waals surface area contributed by atoms with E-state index in [1.165, 1.54) is 24.4 Å². The zero-order valence-electron chi connectivity index (χ0n) is 26.2. The molecule has 0 aliphatic carbocycles. The Morgan fingerprint density at radius 3 is 2.40 bits per heavy atom. The van der Waals surface area contributed by atoms with E-state index in [2.05, 4.69) is 15.2 Å². The minimum atomic E-state index is -4.65. The summed E-state index contributed by atoms with van der Waals surface area (Å²) in [7, 11) is 3.54. The summed E-state index contributed by atoms with van der Waals surface area (Å²) in [6.45, 7) is 4.27. The van der Waals surface area contributed by atoms with Crippen molar-refractivity contribution in [2.24, 2.45) is 5.92 Å². The highest BCUT2D eigenvalue weighted by atomic mass is 19.4. The lowest BCUT2D eigenvalue weighted by molar-refractivity contribution is -0.137. The summed E-state index contributed by atoms with van der Waals surface area (Å²) in [6.07, 6.45) is -3.53. The van der Waals surface area contributed by atoms with E-state index >= 15 is 4.39 Å². The molecule has 1 fully saturated rings.